The summed E-state index contributed by atoms with van der Waals surface area (Å²) in [5.74, 6) is -0.0907. The van der Waals surface area contributed by atoms with E-state index in [4.69, 9.17) is 12.2 Å². The first-order valence-corrected chi connectivity index (χ1v) is 7.49. The van der Waals surface area contributed by atoms with Crippen molar-refractivity contribution in [3.63, 3.8) is 0 Å². The summed E-state index contributed by atoms with van der Waals surface area (Å²) >= 11 is 6.40. The zero-order valence-electron chi connectivity index (χ0n) is 11.8. The van der Waals surface area contributed by atoms with Gasteiger partial charge in [0.1, 0.15) is 4.32 Å². The molecule has 0 aliphatic carbocycles. The van der Waals surface area contributed by atoms with E-state index in [0.717, 1.165) is 16.6 Å². The summed E-state index contributed by atoms with van der Waals surface area (Å²) in [4.78, 5) is 26.0. The maximum atomic E-state index is 12.0. The number of benzene rings is 1. The third-order valence-corrected chi connectivity index (χ3v) is 5.07. The number of hydrogen-bond donors (Lipinski definition) is 0. The van der Waals surface area contributed by atoms with E-state index >= 15 is 0 Å². The molecule has 1 amide bonds. The number of aromatic nitrogens is 2. The minimum absolute atomic E-state index is 0.0676. The van der Waals surface area contributed by atoms with Crippen LogP contribution in [0.25, 0.3) is 17.1 Å². The molecule has 3 rings (SSSR count). The second kappa shape index (κ2) is 4.85. The number of nitrogens with zero attached hydrogens (tertiary/aromatic N) is 3. The van der Waals surface area contributed by atoms with Gasteiger partial charge in [0.15, 0.2) is 0 Å². The lowest BCUT2D eigenvalue weighted by Gasteiger charge is -2.03. The van der Waals surface area contributed by atoms with E-state index in [0.29, 0.717) is 9.23 Å². The Bertz CT molecular complexity index is 876. The maximum Gasteiger partial charge on any atom is 0.328 e. The van der Waals surface area contributed by atoms with Gasteiger partial charge in [0, 0.05) is 21.1 Å². The highest BCUT2D eigenvalue weighted by atomic mass is 32.2. The fourth-order valence-corrected chi connectivity index (χ4v) is 3.49. The van der Waals surface area contributed by atoms with Crippen LogP contribution in [0.4, 0.5) is 0 Å². The third-order valence-electron chi connectivity index (χ3n) is 3.58. The fourth-order valence-electron chi connectivity index (χ4n) is 2.31. The Kier molecular flexibility index (Phi) is 3.26. The second-order valence-corrected chi connectivity index (χ2v) is 6.57. The molecule has 0 radical (unpaired) electrons. The molecular weight excluding hydrogens is 306 g/mol. The lowest BCUT2D eigenvalue weighted by Crippen LogP contribution is -2.22. The molecule has 1 fully saturated rings. The number of carbonyl (C=O) groups excluding carboxylic acids is 1. The molecule has 2 aromatic rings. The van der Waals surface area contributed by atoms with Gasteiger partial charge < -0.3 is 0 Å². The van der Waals surface area contributed by atoms with Gasteiger partial charge in [0.2, 0.25) is 0 Å². The van der Waals surface area contributed by atoms with Crippen LogP contribution in [0.15, 0.2) is 27.9 Å². The summed E-state index contributed by atoms with van der Waals surface area (Å²) in [6, 6.07) is 5.68. The zero-order chi connectivity index (χ0) is 15.3. The van der Waals surface area contributed by atoms with Crippen molar-refractivity contribution in [1.29, 1.82) is 0 Å². The third kappa shape index (κ3) is 2.13. The molecule has 1 aliphatic rings. The molecule has 0 atom stereocenters. The number of aryl methyl sites for hydroxylation is 2. The summed E-state index contributed by atoms with van der Waals surface area (Å²) < 4.78 is 3.75. The Morgan fingerprint density at radius 1 is 1.10 bits per heavy atom. The second-order valence-electron chi connectivity index (χ2n) is 4.89. The van der Waals surface area contributed by atoms with E-state index in [1.807, 2.05) is 18.2 Å². The lowest BCUT2D eigenvalue weighted by atomic mass is 10.2. The highest BCUT2D eigenvalue weighted by Gasteiger charge is 2.28. The fraction of sp³-hybridized carbons (Fsp3) is 0.214. The van der Waals surface area contributed by atoms with Gasteiger partial charge in [0.05, 0.1) is 15.9 Å². The smallest absolute Gasteiger partial charge is 0.296 e. The molecule has 0 N–H and O–H groups in total. The van der Waals surface area contributed by atoms with Gasteiger partial charge in [-0.05, 0) is 23.8 Å². The summed E-state index contributed by atoms with van der Waals surface area (Å²) in [6.07, 6.45) is 1.81. The van der Waals surface area contributed by atoms with Gasteiger partial charge in [-0.3, -0.25) is 18.8 Å². The van der Waals surface area contributed by atoms with E-state index in [2.05, 4.69) is 0 Å². The molecule has 1 aromatic heterocycles. The zero-order valence-corrected chi connectivity index (χ0v) is 13.4. The van der Waals surface area contributed by atoms with Crippen LogP contribution in [0, 0.1) is 0 Å². The average molecular weight is 319 g/mol. The first kappa shape index (κ1) is 14.1. The number of carbonyl (C=O) groups is 1. The van der Waals surface area contributed by atoms with Crippen molar-refractivity contribution in [3.05, 3.63) is 39.2 Å². The number of imidazole rings is 1. The molecule has 1 aliphatic heterocycles. The van der Waals surface area contributed by atoms with E-state index in [-0.39, 0.29) is 11.6 Å². The van der Waals surface area contributed by atoms with Crippen LogP contribution in [-0.4, -0.2) is 31.3 Å². The Balaban J connectivity index is 2.11. The number of thiocarbonyl (C=S) groups is 1. The number of rotatable bonds is 1. The van der Waals surface area contributed by atoms with Crippen molar-refractivity contribution in [1.82, 2.24) is 14.0 Å². The molecule has 7 heteroatoms. The Labute approximate surface area is 130 Å². The van der Waals surface area contributed by atoms with Crippen LogP contribution in [0.2, 0.25) is 0 Å². The predicted octanol–water partition coefficient (Wildman–Crippen LogP) is 1.71. The van der Waals surface area contributed by atoms with Crippen LogP contribution in [0.1, 0.15) is 5.56 Å². The molecular formula is C14H13N3O2S2. The van der Waals surface area contributed by atoms with Gasteiger partial charge in [-0.15, -0.1) is 0 Å². The summed E-state index contributed by atoms with van der Waals surface area (Å²) in [5, 5.41) is 0. The van der Waals surface area contributed by atoms with Crippen LogP contribution in [0.3, 0.4) is 0 Å². The van der Waals surface area contributed by atoms with Gasteiger partial charge in [0.25, 0.3) is 5.91 Å². The topological polar surface area (TPSA) is 47.2 Å². The maximum absolute atomic E-state index is 12.0. The monoisotopic (exact) mass is 319 g/mol. The van der Waals surface area contributed by atoms with Crippen molar-refractivity contribution in [2.75, 3.05) is 7.05 Å². The Morgan fingerprint density at radius 3 is 2.38 bits per heavy atom. The molecule has 1 saturated heterocycles. The molecule has 1 aromatic carbocycles. The van der Waals surface area contributed by atoms with Crippen molar-refractivity contribution in [2.24, 2.45) is 14.1 Å². The van der Waals surface area contributed by atoms with Gasteiger partial charge in [-0.25, -0.2) is 4.79 Å². The SMILES string of the molecule is CN1C(=O)/C(=C/c2ccc3c(c2)n(C)c(=O)n3C)SC1=S. The quantitative estimate of drug-likeness (QED) is 0.593. The Morgan fingerprint density at radius 2 is 1.76 bits per heavy atom. The first-order chi connectivity index (χ1) is 9.90. The molecule has 0 spiro atoms. The summed E-state index contributed by atoms with van der Waals surface area (Å²) in [6.45, 7) is 0. The molecule has 2 heterocycles. The minimum Gasteiger partial charge on any atom is -0.296 e. The van der Waals surface area contributed by atoms with E-state index < -0.39 is 0 Å². The van der Waals surface area contributed by atoms with E-state index in [9.17, 15) is 9.59 Å². The molecule has 0 saturated carbocycles. The predicted molar refractivity (Wildman–Crippen MR) is 89.1 cm³/mol. The van der Waals surface area contributed by atoms with Crippen LogP contribution < -0.4 is 5.69 Å². The molecule has 0 unspecified atom stereocenters. The van der Waals surface area contributed by atoms with Crippen molar-refractivity contribution in [2.45, 2.75) is 0 Å². The van der Waals surface area contributed by atoms with Crippen LogP contribution >= 0.6 is 24.0 Å². The van der Waals surface area contributed by atoms with Crippen LogP contribution in [0.5, 0.6) is 0 Å². The largest absolute Gasteiger partial charge is 0.328 e. The first-order valence-electron chi connectivity index (χ1n) is 6.27. The Hall–Kier alpha value is -1.86. The average Bonchev–Trinajstić information content (AvgIpc) is 2.83. The number of amides is 1. The van der Waals surface area contributed by atoms with Crippen LogP contribution in [-0.2, 0) is 18.9 Å². The van der Waals surface area contributed by atoms with E-state index in [1.54, 1.807) is 36.4 Å². The van der Waals surface area contributed by atoms with Crippen molar-refractivity contribution in [3.8, 4) is 0 Å². The summed E-state index contributed by atoms with van der Waals surface area (Å²) in [7, 11) is 5.15. The van der Waals surface area contributed by atoms with Gasteiger partial charge in [-0.1, -0.05) is 30.0 Å². The number of hydrogen-bond acceptors (Lipinski definition) is 4. The van der Waals surface area contributed by atoms with Crippen molar-refractivity contribution >= 4 is 51.3 Å². The number of likely N-dealkylation sites (N-methyl/N-ethyl adjacent to an activating group) is 1. The molecule has 108 valence electrons. The number of fused-ring (bicyclic) bond motifs is 1. The normalized spacial score (nSPS) is 17.5. The summed E-state index contributed by atoms with van der Waals surface area (Å²) in [5.41, 5.74) is 2.51. The molecule has 21 heavy (non-hydrogen) atoms. The standard InChI is InChI=1S/C14H13N3O2S2/c1-15-9-5-4-8(6-10(9)16(2)13(15)19)7-11-12(18)17(3)14(20)21-11/h4-7H,1-3H3/b11-7-. The minimum atomic E-state index is -0.0907. The lowest BCUT2D eigenvalue weighted by molar-refractivity contribution is -0.121. The highest BCUT2D eigenvalue weighted by molar-refractivity contribution is 8.26. The van der Waals surface area contributed by atoms with Crippen molar-refractivity contribution < 1.29 is 4.79 Å². The van der Waals surface area contributed by atoms with E-state index in [1.165, 1.54) is 16.7 Å². The van der Waals surface area contributed by atoms with Gasteiger partial charge >= 0.3 is 5.69 Å². The van der Waals surface area contributed by atoms with Gasteiger partial charge in [-0.2, -0.15) is 0 Å². The number of thioether (sulfide) groups is 1. The molecule has 5 nitrogen and oxygen atoms in total. The molecule has 0 bridgehead atoms. The highest BCUT2D eigenvalue weighted by Crippen LogP contribution is 2.31.